The summed E-state index contributed by atoms with van der Waals surface area (Å²) in [7, 11) is 1.47. The zero-order valence-corrected chi connectivity index (χ0v) is 10.7. The molecule has 0 saturated heterocycles. The Morgan fingerprint density at radius 2 is 2.05 bits per heavy atom. The first-order valence-electron chi connectivity index (χ1n) is 5.92. The molecule has 3 N–H and O–H groups in total. The zero-order chi connectivity index (χ0) is 13.9. The van der Waals surface area contributed by atoms with E-state index in [1.807, 2.05) is 30.3 Å². The largest absolute Gasteiger partial charge is 0.467 e. The van der Waals surface area contributed by atoms with Crippen molar-refractivity contribution < 1.29 is 4.74 Å². The number of nitrogen functional groups attached to an aromatic ring is 1. The molecule has 1 aromatic carbocycles. The Balaban J connectivity index is 1.94. The van der Waals surface area contributed by atoms with Gasteiger partial charge in [-0.1, -0.05) is 6.07 Å². The summed E-state index contributed by atoms with van der Waals surface area (Å²) >= 11 is 0. The maximum atomic E-state index is 5.59. The number of pyridine rings is 1. The number of methoxy groups -OCH3 is 1. The highest BCUT2D eigenvalue weighted by atomic mass is 16.5. The molecule has 3 aromatic rings. The van der Waals surface area contributed by atoms with Crippen LogP contribution in [0.5, 0.6) is 6.01 Å². The van der Waals surface area contributed by atoms with Gasteiger partial charge in [0.1, 0.15) is 0 Å². The highest BCUT2D eigenvalue weighted by Gasteiger charge is 2.05. The molecule has 0 unspecified atom stereocenters. The number of anilines is 3. The maximum absolute atomic E-state index is 5.59. The van der Waals surface area contributed by atoms with Gasteiger partial charge in [0, 0.05) is 17.3 Å². The fourth-order valence-corrected chi connectivity index (χ4v) is 1.80. The lowest BCUT2D eigenvalue weighted by Gasteiger charge is -2.07. The summed E-state index contributed by atoms with van der Waals surface area (Å²) in [5.74, 6) is 0.430. The Labute approximate surface area is 114 Å². The third kappa shape index (κ3) is 2.41. The number of fused-ring (bicyclic) bond motifs is 1. The van der Waals surface area contributed by atoms with E-state index in [1.54, 1.807) is 6.20 Å². The maximum Gasteiger partial charge on any atom is 0.322 e. The molecular formula is C13H12N6O. The molecule has 3 rings (SSSR count). The van der Waals surface area contributed by atoms with Crippen molar-refractivity contribution >= 4 is 28.5 Å². The number of aromatic nitrogens is 4. The number of rotatable bonds is 3. The van der Waals surface area contributed by atoms with Gasteiger partial charge in [0.25, 0.3) is 0 Å². The molecule has 2 aromatic heterocycles. The van der Waals surface area contributed by atoms with E-state index in [0.29, 0.717) is 5.95 Å². The van der Waals surface area contributed by atoms with Crippen molar-refractivity contribution in [2.75, 3.05) is 18.2 Å². The summed E-state index contributed by atoms with van der Waals surface area (Å²) in [5, 5.41) is 4.08. The molecule has 7 nitrogen and oxygen atoms in total. The Kier molecular flexibility index (Phi) is 3.00. The van der Waals surface area contributed by atoms with Gasteiger partial charge in [-0.25, -0.2) is 0 Å². The van der Waals surface area contributed by atoms with Gasteiger partial charge in [0.2, 0.25) is 11.9 Å². The van der Waals surface area contributed by atoms with E-state index in [4.69, 9.17) is 10.5 Å². The fraction of sp³-hybridized carbons (Fsp3) is 0.0769. The second-order valence-electron chi connectivity index (χ2n) is 4.04. The molecule has 100 valence electrons. The van der Waals surface area contributed by atoms with E-state index in [0.717, 1.165) is 16.6 Å². The smallest absolute Gasteiger partial charge is 0.322 e. The topological polar surface area (TPSA) is 98.8 Å². The van der Waals surface area contributed by atoms with Crippen molar-refractivity contribution in [3.63, 3.8) is 0 Å². The van der Waals surface area contributed by atoms with E-state index >= 15 is 0 Å². The number of nitrogens with two attached hydrogens (primary N) is 1. The lowest BCUT2D eigenvalue weighted by molar-refractivity contribution is 0.380. The van der Waals surface area contributed by atoms with Crippen LogP contribution in [0, 0.1) is 0 Å². The molecule has 0 aliphatic rings. The predicted molar refractivity (Wildman–Crippen MR) is 75.8 cm³/mol. The van der Waals surface area contributed by atoms with Crippen LogP contribution < -0.4 is 15.8 Å². The first kappa shape index (κ1) is 12.1. The van der Waals surface area contributed by atoms with E-state index in [9.17, 15) is 0 Å². The molecule has 0 radical (unpaired) electrons. The summed E-state index contributed by atoms with van der Waals surface area (Å²) in [6.07, 6.45) is 1.76. The van der Waals surface area contributed by atoms with Crippen molar-refractivity contribution in [3.8, 4) is 6.01 Å². The first-order valence-corrected chi connectivity index (χ1v) is 5.92. The molecular weight excluding hydrogens is 256 g/mol. The van der Waals surface area contributed by atoms with Gasteiger partial charge >= 0.3 is 6.01 Å². The van der Waals surface area contributed by atoms with Gasteiger partial charge in [-0.2, -0.15) is 15.0 Å². The summed E-state index contributed by atoms with van der Waals surface area (Å²) in [4.78, 5) is 16.2. The molecule has 0 aliphatic heterocycles. The van der Waals surface area contributed by atoms with Crippen molar-refractivity contribution in [1.29, 1.82) is 0 Å². The van der Waals surface area contributed by atoms with Crippen LogP contribution in [-0.2, 0) is 0 Å². The van der Waals surface area contributed by atoms with E-state index in [2.05, 4.69) is 25.3 Å². The van der Waals surface area contributed by atoms with E-state index < -0.39 is 0 Å². The highest BCUT2D eigenvalue weighted by Crippen LogP contribution is 2.20. The number of nitrogens with zero attached hydrogens (tertiary/aromatic N) is 4. The normalized spacial score (nSPS) is 10.4. The van der Waals surface area contributed by atoms with Crippen molar-refractivity contribution in [3.05, 3.63) is 36.5 Å². The number of benzene rings is 1. The molecule has 0 atom stereocenters. The predicted octanol–water partition coefficient (Wildman–Crippen LogP) is 1.75. The lowest BCUT2D eigenvalue weighted by atomic mass is 10.2. The van der Waals surface area contributed by atoms with Gasteiger partial charge in [-0.3, -0.25) is 4.98 Å². The van der Waals surface area contributed by atoms with Crippen molar-refractivity contribution in [1.82, 2.24) is 19.9 Å². The minimum Gasteiger partial charge on any atom is -0.467 e. The molecule has 0 spiro atoms. The quantitative estimate of drug-likeness (QED) is 0.746. The van der Waals surface area contributed by atoms with Crippen LogP contribution in [0.4, 0.5) is 17.6 Å². The van der Waals surface area contributed by atoms with Crippen LogP contribution in [0.15, 0.2) is 36.5 Å². The van der Waals surface area contributed by atoms with Gasteiger partial charge in [0.15, 0.2) is 0 Å². The van der Waals surface area contributed by atoms with Gasteiger partial charge in [-0.05, 0) is 24.3 Å². The number of ether oxygens (including phenoxy) is 1. The van der Waals surface area contributed by atoms with Gasteiger partial charge in [0.05, 0.1) is 12.6 Å². The molecule has 0 saturated carbocycles. The molecule has 7 heteroatoms. The van der Waals surface area contributed by atoms with Crippen LogP contribution >= 0.6 is 0 Å². The summed E-state index contributed by atoms with van der Waals surface area (Å²) in [6.45, 7) is 0. The first-order chi connectivity index (χ1) is 9.74. The highest BCUT2D eigenvalue weighted by molar-refractivity contribution is 5.82. The van der Waals surface area contributed by atoms with Crippen molar-refractivity contribution in [2.24, 2.45) is 0 Å². The van der Waals surface area contributed by atoms with Gasteiger partial charge < -0.3 is 15.8 Å². The van der Waals surface area contributed by atoms with Gasteiger partial charge in [-0.15, -0.1) is 0 Å². The Hall–Kier alpha value is -2.96. The van der Waals surface area contributed by atoms with Crippen LogP contribution in [0.3, 0.4) is 0 Å². The Morgan fingerprint density at radius 1 is 1.15 bits per heavy atom. The van der Waals surface area contributed by atoms with Crippen LogP contribution in [0.25, 0.3) is 10.9 Å². The van der Waals surface area contributed by atoms with Crippen LogP contribution in [0.2, 0.25) is 0 Å². The summed E-state index contributed by atoms with van der Waals surface area (Å²) in [6, 6.07) is 9.80. The average molecular weight is 268 g/mol. The Morgan fingerprint density at radius 3 is 2.90 bits per heavy atom. The molecule has 2 heterocycles. The van der Waals surface area contributed by atoms with E-state index in [-0.39, 0.29) is 12.0 Å². The zero-order valence-electron chi connectivity index (χ0n) is 10.7. The molecule has 0 amide bonds. The third-order valence-corrected chi connectivity index (χ3v) is 2.67. The molecule has 20 heavy (non-hydrogen) atoms. The second-order valence-corrected chi connectivity index (χ2v) is 4.04. The monoisotopic (exact) mass is 268 g/mol. The molecule has 0 bridgehead atoms. The molecule has 0 fully saturated rings. The Bertz CT molecular complexity index is 761. The number of nitrogens with one attached hydrogen (secondary N) is 1. The lowest BCUT2D eigenvalue weighted by Crippen LogP contribution is -2.05. The summed E-state index contributed by atoms with van der Waals surface area (Å²) in [5.41, 5.74) is 7.34. The third-order valence-electron chi connectivity index (χ3n) is 2.67. The fourth-order valence-electron chi connectivity index (χ4n) is 1.80. The van der Waals surface area contributed by atoms with Crippen LogP contribution in [-0.4, -0.2) is 27.0 Å². The minimum atomic E-state index is 0.0989. The van der Waals surface area contributed by atoms with Crippen molar-refractivity contribution in [2.45, 2.75) is 0 Å². The average Bonchev–Trinajstić information content (AvgIpc) is 2.46. The SMILES string of the molecule is COc1nc(N)nc(Nc2ccc3ncccc3c2)n1. The second kappa shape index (κ2) is 4.96. The number of hydrogen-bond donors (Lipinski definition) is 2. The summed E-state index contributed by atoms with van der Waals surface area (Å²) < 4.78 is 4.95. The molecule has 0 aliphatic carbocycles. The minimum absolute atomic E-state index is 0.0989. The standard InChI is InChI=1S/C13H12N6O/c1-20-13-18-11(14)17-12(19-13)16-9-4-5-10-8(7-9)3-2-6-15-10/h2-7H,1H3,(H3,14,16,17,18,19). The van der Waals surface area contributed by atoms with E-state index in [1.165, 1.54) is 7.11 Å². The number of hydrogen-bond acceptors (Lipinski definition) is 7. The van der Waals surface area contributed by atoms with Crippen LogP contribution in [0.1, 0.15) is 0 Å².